The van der Waals surface area contributed by atoms with Gasteiger partial charge in [0.2, 0.25) is 11.7 Å². The molecule has 0 saturated heterocycles. The molecule has 0 spiro atoms. The zero-order valence-electron chi connectivity index (χ0n) is 16.3. The number of fused-ring (bicyclic) bond motifs is 1. The van der Waals surface area contributed by atoms with Crippen molar-refractivity contribution < 1.29 is 4.79 Å². The van der Waals surface area contributed by atoms with Gasteiger partial charge in [-0.25, -0.2) is 9.97 Å². The molecule has 0 unspecified atom stereocenters. The molecule has 2 heterocycles. The number of rotatable bonds is 5. The minimum absolute atomic E-state index is 0.175. The molecule has 0 saturated carbocycles. The third kappa shape index (κ3) is 4.32. The Hall–Kier alpha value is -3.93. The van der Waals surface area contributed by atoms with Gasteiger partial charge in [0.05, 0.1) is 5.69 Å². The van der Waals surface area contributed by atoms with Crippen molar-refractivity contribution >= 4 is 29.1 Å². The summed E-state index contributed by atoms with van der Waals surface area (Å²) in [4.78, 5) is 23.0. The molecular weight excluding hydrogens is 362 g/mol. The Morgan fingerprint density at radius 2 is 1.83 bits per heavy atom. The minimum atomic E-state index is -0.175. The standard InChI is InChI=1S/C23H21N5O/c1-27(2)20-11-4-17(5-12-20)6-13-22(29)25-19-9-7-18(8-10-19)21-16-28-15-3-14-24-23(28)26-21/h3-16H,1-2H3,(H,25,29). The Labute approximate surface area is 169 Å². The van der Waals surface area contributed by atoms with Gasteiger partial charge in [-0.3, -0.25) is 9.20 Å². The normalized spacial score (nSPS) is 11.1. The van der Waals surface area contributed by atoms with Gasteiger partial charge in [0.1, 0.15) is 0 Å². The Kier molecular flexibility index (Phi) is 5.07. The van der Waals surface area contributed by atoms with Crippen molar-refractivity contribution in [1.82, 2.24) is 14.4 Å². The number of carbonyl (C=O) groups excluding carboxylic acids is 1. The van der Waals surface area contributed by atoms with Crippen LogP contribution in [0.4, 0.5) is 11.4 Å². The number of benzene rings is 2. The van der Waals surface area contributed by atoms with Gasteiger partial charge in [0.25, 0.3) is 0 Å². The lowest BCUT2D eigenvalue weighted by molar-refractivity contribution is -0.111. The third-order valence-electron chi connectivity index (χ3n) is 4.52. The average molecular weight is 383 g/mol. The highest BCUT2D eigenvalue weighted by Gasteiger charge is 2.05. The molecule has 0 radical (unpaired) electrons. The van der Waals surface area contributed by atoms with E-state index in [1.807, 2.05) is 90.4 Å². The van der Waals surface area contributed by atoms with E-state index in [1.54, 1.807) is 12.3 Å². The van der Waals surface area contributed by atoms with E-state index < -0.39 is 0 Å². The molecule has 6 nitrogen and oxygen atoms in total. The van der Waals surface area contributed by atoms with Crippen molar-refractivity contribution in [2.24, 2.45) is 0 Å². The number of anilines is 2. The van der Waals surface area contributed by atoms with Crippen LogP contribution in [0.2, 0.25) is 0 Å². The molecule has 144 valence electrons. The highest BCUT2D eigenvalue weighted by molar-refractivity contribution is 6.02. The maximum atomic E-state index is 12.2. The first-order valence-corrected chi connectivity index (χ1v) is 9.25. The van der Waals surface area contributed by atoms with Crippen LogP contribution >= 0.6 is 0 Å². The smallest absolute Gasteiger partial charge is 0.248 e. The first-order valence-electron chi connectivity index (χ1n) is 9.25. The lowest BCUT2D eigenvalue weighted by Crippen LogP contribution is -2.08. The molecule has 0 atom stereocenters. The van der Waals surface area contributed by atoms with Crippen LogP contribution in [0, 0.1) is 0 Å². The van der Waals surface area contributed by atoms with Gasteiger partial charge in [0.15, 0.2) is 0 Å². The second-order valence-corrected chi connectivity index (χ2v) is 6.84. The molecular formula is C23H21N5O. The fourth-order valence-electron chi connectivity index (χ4n) is 2.93. The highest BCUT2D eigenvalue weighted by atomic mass is 16.1. The Morgan fingerprint density at radius 3 is 2.52 bits per heavy atom. The molecule has 0 fully saturated rings. The van der Waals surface area contributed by atoms with Crippen LogP contribution in [-0.4, -0.2) is 34.4 Å². The molecule has 0 bridgehead atoms. The van der Waals surface area contributed by atoms with Crippen LogP contribution in [0.5, 0.6) is 0 Å². The highest BCUT2D eigenvalue weighted by Crippen LogP contribution is 2.21. The number of amides is 1. The van der Waals surface area contributed by atoms with E-state index in [2.05, 4.69) is 15.3 Å². The largest absolute Gasteiger partial charge is 0.378 e. The van der Waals surface area contributed by atoms with Gasteiger partial charge < -0.3 is 10.2 Å². The summed E-state index contributed by atoms with van der Waals surface area (Å²) in [6, 6.07) is 17.5. The Morgan fingerprint density at radius 1 is 1.07 bits per heavy atom. The van der Waals surface area contributed by atoms with Crippen LogP contribution in [-0.2, 0) is 4.79 Å². The van der Waals surface area contributed by atoms with Gasteiger partial charge in [-0.15, -0.1) is 0 Å². The quantitative estimate of drug-likeness (QED) is 0.527. The van der Waals surface area contributed by atoms with Crippen LogP contribution in [0.25, 0.3) is 23.1 Å². The first kappa shape index (κ1) is 18.4. The molecule has 29 heavy (non-hydrogen) atoms. The summed E-state index contributed by atoms with van der Waals surface area (Å²) in [5, 5.41) is 2.88. The van der Waals surface area contributed by atoms with Gasteiger partial charge >= 0.3 is 0 Å². The SMILES string of the molecule is CN(C)c1ccc(C=CC(=O)Nc2ccc(-c3cn4cccnc4n3)cc2)cc1. The summed E-state index contributed by atoms with van der Waals surface area (Å²) >= 11 is 0. The summed E-state index contributed by atoms with van der Waals surface area (Å²) in [6.45, 7) is 0. The number of hydrogen-bond donors (Lipinski definition) is 1. The second kappa shape index (κ2) is 7.98. The molecule has 0 aliphatic heterocycles. The van der Waals surface area contributed by atoms with Crippen molar-refractivity contribution in [3.63, 3.8) is 0 Å². The zero-order valence-corrected chi connectivity index (χ0v) is 16.3. The molecule has 1 amide bonds. The summed E-state index contributed by atoms with van der Waals surface area (Å²) in [5.41, 5.74) is 4.62. The average Bonchev–Trinajstić information content (AvgIpc) is 3.17. The summed E-state index contributed by atoms with van der Waals surface area (Å²) in [7, 11) is 3.99. The van der Waals surface area contributed by atoms with Gasteiger partial charge in [-0.1, -0.05) is 24.3 Å². The zero-order chi connectivity index (χ0) is 20.2. The summed E-state index contributed by atoms with van der Waals surface area (Å²) in [5.74, 6) is 0.481. The Bertz CT molecular complexity index is 1130. The lowest BCUT2D eigenvalue weighted by Gasteiger charge is -2.11. The minimum Gasteiger partial charge on any atom is -0.378 e. The fourth-order valence-corrected chi connectivity index (χ4v) is 2.93. The number of carbonyl (C=O) groups is 1. The van der Waals surface area contributed by atoms with Crippen molar-refractivity contribution in [2.75, 3.05) is 24.3 Å². The van der Waals surface area contributed by atoms with Crippen LogP contribution in [0.15, 0.2) is 79.3 Å². The molecule has 0 aliphatic rings. The topological polar surface area (TPSA) is 62.5 Å². The summed E-state index contributed by atoms with van der Waals surface area (Å²) in [6.07, 6.45) is 8.89. The molecule has 4 aromatic rings. The lowest BCUT2D eigenvalue weighted by atomic mass is 10.1. The van der Waals surface area contributed by atoms with E-state index in [1.165, 1.54) is 6.08 Å². The third-order valence-corrected chi connectivity index (χ3v) is 4.52. The number of nitrogens with zero attached hydrogens (tertiary/aromatic N) is 4. The van der Waals surface area contributed by atoms with Crippen LogP contribution < -0.4 is 10.2 Å². The number of nitrogens with one attached hydrogen (secondary N) is 1. The molecule has 2 aromatic heterocycles. The van der Waals surface area contributed by atoms with E-state index in [0.29, 0.717) is 5.78 Å². The van der Waals surface area contributed by atoms with Crippen molar-refractivity contribution in [3.05, 3.63) is 84.8 Å². The van der Waals surface area contributed by atoms with E-state index in [-0.39, 0.29) is 5.91 Å². The predicted octanol–water partition coefficient (Wildman–Crippen LogP) is 4.11. The van der Waals surface area contributed by atoms with Crippen LogP contribution in [0.1, 0.15) is 5.56 Å². The molecule has 6 heteroatoms. The van der Waals surface area contributed by atoms with E-state index >= 15 is 0 Å². The number of aromatic nitrogens is 3. The van der Waals surface area contributed by atoms with E-state index in [0.717, 1.165) is 28.2 Å². The molecule has 4 rings (SSSR count). The van der Waals surface area contributed by atoms with E-state index in [9.17, 15) is 4.79 Å². The summed E-state index contributed by atoms with van der Waals surface area (Å²) < 4.78 is 1.88. The fraction of sp³-hybridized carbons (Fsp3) is 0.0870. The molecule has 2 aromatic carbocycles. The number of imidazole rings is 1. The molecule has 1 N–H and O–H groups in total. The van der Waals surface area contributed by atoms with Crippen LogP contribution in [0.3, 0.4) is 0 Å². The molecule has 0 aliphatic carbocycles. The van der Waals surface area contributed by atoms with Crippen molar-refractivity contribution in [3.8, 4) is 11.3 Å². The van der Waals surface area contributed by atoms with Gasteiger partial charge in [-0.05, 0) is 42.0 Å². The number of hydrogen-bond acceptors (Lipinski definition) is 4. The van der Waals surface area contributed by atoms with Crippen molar-refractivity contribution in [2.45, 2.75) is 0 Å². The van der Waals surface area contributed by atoms with E-state index in [4.69, 9.17) is 0 Å². The monoisotopic (exact) mass is 383 g/mol. The first-order chi connectivity index (χ1) is 14.1. The van der Waals surface area contributed by atoms with Crippen molar-refractivity contribution in [1.29, 1.82) is 0 Å². The van der Waals surface area contributed by atoms with Gasteiger partial charge in [-0.2, -0.15) is 0 Å². The Balaban J connectivity index is 1.40. The maximum Gasteiger partial charge on any atom is 0.248 e. The van der Waals surface area contributed by atoms with Gasteiger partial charge in [0, 0.05) is 55.7 Å². The maximum absolute atomic E-state index is 12.2. The second-order valence-electron chi connectivity index (χ2n) is 6.84. The predicted molar refractivity (Wildman–Crippen MR) is 117 cm³/mol.